The maximum atomic E-state index is 13.0. The molecule has 1 aliphatic heterocycles. The fourth-order valence-corrected chi connectivity index (χ4v) is 6.00. The van der Waals surface area contributed by atoms with Gasteiger partial charge >= 0.3 is 0 Å². The van der Waals surface area contributed by atoms with Gasteiger partial charge in [-0.15, -0.1) is 11.3 Å². The molecule has 1 aromatic heterocycles. The highest BCUT2D eigenvalue weighted by molar-refractivity contribution is 7.89. The molecule has 0 unspecified atom stereocenters. The molecule has 2 heterocycles. The average molecular weight is 478 g/mol. The lowest BCUT2D eigenvalue weighted by molar-refractivity contribution is -0.140. The first kappa shape index (κ1) is 24.4. The first-order valence-corrected chi connectivity index (χ1v) is 13.2. The summed E-state index contributed by atoms with van der Waals surface area (Å²) in [6.07, 6.45) is 0.909. The van der Waals surface area contributed by atoms with Gasteiger partial charge in [-0.25, -0.2) is 8.42 Å². The number of piperidine rings is 1. The zero-order chi connectivity index (χ0) is 23.3. The van der Waals surface area contributed by atoms with Gasteiger partial charge in [0.2, 0.25) is 21.8 Å². The molecule has 7 nitrogen and oxygen atoms in total. The SMILES string of the molecule is CCN(CC(=O)NCc1cccs1)C(=O)C1CCN(S(=O)(=O)c2ccc(C)c(C)c2)CC1. The second-order valence-electron chi connectivity index (χ2n) is 8.13. The molecule has 1 N–H and O–H groups in total. The monoisotopic (exact) mass is 477 g/mol. The van der Waals surface area contributed by atoms with E-state index in [-0.39, 0.29) is 24.3 Å². The van der Waals surface area contributed by atoms with Crippen LogP contribution < -0.4 is 5.32 Å². The third-order valence-corrected chi connectivity index (χ3v) is 8.76. The molecule has 1 aliphatic rings. The van der Waals surface area contributed by atoms with Gasteiger partial charge in [-0.3, -0.25) is 9.59 Å². The molecular formula is C23H31N3O4S2. The van der Waals surface area contributed by atoms with Crippen molar-refractivity contribution in [3.63, 3.8) is 0 Å². The van der Waals surface area contributed by atoms with E-state index in [0.717, 1.165) is 16.0 Å². The Morgan fingerprint density at radius 3 is 2.47 bits per heavy atom. The predicted molar refractivity (Wildman–Crippen MR) is 126 cm³/mol. The van der Waals surface area contributed by atoms with Gasteiger partial charge in [-0.2, -0.15) is 4.31 Å². The number of carbonyl (C=O) groups is 2. The molecule has 3 rings (SSSR count). The summed E-state index contributed by atoms with van der Waals surface area (Å²) in [5.74, 6) is -0.545. The minimum atomic E-state index is -3.58. The van der Waals surface area contributed by atoms with Crippen molar-refractivity contribution in [1.29, 1.82) is 0 Å². The van der Waals surface area contributed by atoms with Gasteiger partial charge in [0, 0.05) is 30.4 Å². The zero-order valence-corrected chi connectivity index (χ0v) is 20.5. The number of hydrogen-bond acceptors (Lipinski definition) is 5. The number of rotatable bonds is 8. The summed E-state index contributed by atoms with van der Waals surface area (Å²) in [5.41, 5.74) is 1.99. The average Bonchev–Trinajstić information content (AvgIpc) is 3.31. The van der Waals surface area contributed by atoms with Crippen LogP contribution in [0.2, 0.25) is 0 Å². The van der Waals surface area contributed by atoms with Crippen molar-refractivity contribution in [3.8, 4) is 0 Å². The molecule has 2 amide bonds. The van der Waals surface area contributed by atoms with E-state index in [1.54, 1.807) is 28.4 Å². The van der Waals surface area contributed by atoms with Crippen molar-refractivity contribution >= 4 is 33.2 Å². The van der Waals surface area contributed by atoms with Crippen LogP contribution in [0.5, 0.6) is 0 Å². The van der Waals surface area contributed by atoms with E-state index in [9.17, 15) is 18.0 Å². The van der Waals surface area contributed by atoms with Crippen LogP contribution in [0.3, 0.4) is 0 Å². The summed E-state index contributed by atoms with van der Waals surface area (Å²) in [4.78, 5) is 28.2. The van der Waals surface area contributed by atoms with Gasteiger partial charge in [0.1, 0.15) is 0 Å². The van der Waals surface area contributed by atoms with Crippen molar-refractivity contribution in [3.05, 3.63) is 51.7 Å². The lowest BCUT2D eigenvalue weighted by Crippen LogP contribution is -2.47. The van der Waals surface area contributed by atoms with Crippen LogP contribution in [0.4, 0.5) is 0 Å². The molecule has 0 spiro atoms. The van der Waals surface area contributed by atoms with Crippen LogP contribution in [-0.4, -0.2) is 55.6 Å². The number of amides is 2. The maximum absolute atomic E-state index is 13.0. The van der Waals surface area contributed by atoms with Crippen molar-refractivity contribution in [2.24, 2.45) is 5.92 Å². The number of nitrogens with one attached hydrogen (secondary N) is 1. The molecule has 1 saturated heterocycles. The second-order valence-corrected chi connectivity index (χ2v) is 11.1. The quantitative estimate of drug-likeness (QED) is 0.633. The van der Waals surface area contributed by atoms with E-state index in [2.05, 4.69) is 5.32 Å². The standard InChI is InChI=1S/C23H31N3O4S2/c1-4-25(16-22(27)24-15-20-6-5-13-31-20)23(28)19-9-11-26(12-10-19)32(29,30)21-8-7-17(2)18(3)14-21/h5-8,13-14,19H,4,9-12,15-16H2,1-3H3,(H,24,27). The van der Waals surface area contributed by atoms with Crippen LogP contribution in [0.25, 0.3) is 0 Å². The summed E-state index contributed by atoms with van der Waals surface area (Å²) in [7, 11) is -3.58. The molecule has 9 heteroatoms. The molecule has 32 heavy (non-hydrogen) atoms. The van der Waals surface area contributed by atoms with Crippen LogP contribution in [0.15, 0.2) is 40.6 Å². The number of carbonyl (C=O) groups excluding carboxylic acids is 2. The minimum Gasteiger partial charge on any atom is -0.350 e. The Bertz CT molecular complexity index is 1040. The number of hydrogen-bond donors (Lipinski definition) is 1. The van der Waals surface area contributed by atoms with Crippen LogP contribution in [-0.2, 0) is 26.2 Å². The Morgan fingerprint density at radius 2 is 1.88 bits per heavy atom. The Morgan fingerprint density at radius 1 is 1.16 bits per heavy atom. The van der Waals surface area contributed by atoms with Gasteiger partial charge in [0.15, 0.2) is 0 Å². The molecule has 1 fully saturated rings. The summed E-state index contributed by atoms with van der Waals surface area (Å²) < 4.78 is 27.5. The van der Waals surface area contributed by atoms with Gasteiger partial charge in [-0.1, -0.05) is 12.1 Å². The Labute approximate surface area is 194 Å². The molecular weight excluding hydrogens is 446 g/mol. The number of benzene rings is 1. The number of aryl methyl sites for hydroxylation is 2. The van der Waals surface area contributed by atoms with Crippen molar-refractivity contribution in [2.75, 3.05) is 26.2 Å². The summed E-state index contributed by atoms with van der Waals surface area (Å²) in [5, 5.41) is 4.81. The van der Waals surface area contributed by atoms with E-state index in [1.807, 2.05) is 44.4 Å². The summed E-state index contributed by atoms with van der Waals surface area (Å²) in [6.45, 7) is 7.20. The smallest absolute Gasteiger partial charge is 0.243 e. The molecule has 2 aromatic rings. The molecule has 1 aromatic carbocycles. The fraction of sp³-hybridized carbons (Fsp3) is 0.478. The topological polar surface area (TPSA) is 86.8 Å². The Hall–Kier alpha value is -2.23. The first-order valence-electron chi connectivity index (χ1n) is 10.9. The van der Waals surface area contributed by atoms with Gasteiger partial charge < -0.3 is 10.2 Å². The molecule has 0 bridgehead atoms. The fourth-order valence-electron chi connectivity index (χ4n) is 3.80. The van der Waals surface area contributed by atoms with E-state index >= 15 is 0 Å². The van der Waals surface area contributed by atoms with Crippen molar-refractivity contribution < 1.29 is 18.0 Å². The second kappa shape index (κ2) is 10.6. The van der Waals surface area contributed by atoms with Crippen LogP contribution in [0, 0.1) is 19.8 Å². The highest BCUT2D eigenvalue weighted by atomic mass is 32.2. The number of sulfonamides is 1. The summed E-state index contributed by atoms with van der Waals surface area (Å²) in [6, 6.07) is 9.05. The third-order valence-electron chi connectivity index (χ3n) is 5.99. The van der Waals surface area contributed by atoms with E-state index in [4.69, 9.17) is 0 Å². The molecule has 0 atom stereocenters. The lowest BCUT2D eigenvalue weighted by atomic mass is 9.96. The van der Waals surface area contributed by atoms with E-state index in [1.165, 1.54) is 4.31 Å². The van der Waals surface area contributed by atoms with E-state index in [0.29, 0.717) is 43.9 Å². The van der Waals surface area contributed by atoms with Gasteiger partial charge in [0.25, 0.3) is 0 Å². The summed E-state index contributed by atoms with van der Waals surface area (Å²) >= 11 is 1.57. The highest BCUT2D eigenvalue weighted by Gasteiger charge is 2.34. The Balaban J connectivity index is 1.55. The largest absolute Gasteiger partial charge is 0.350 e. The van der Waals surface area contributed by atoms with Gasteiger partial charge in [-0.05, 0) is 68.3 Å². The number of thiophene rings is 1. The first-order chi connectivity index (χ1) is 15.2. The zero-order valence-electron chi connectivity index (χ0n) is 18.8. The third kappa shape index (κ3) is 5.76. The minimum absolute atomic E-state index is 0.0157. The predicted octanol–water partition coefficient (Wildman–Crippen LogP) is 2.93. The Kier molecular flexibility index (Phi) is 8.08. The maximum Gasteiger partial charge on any atom is 0.243 e. The number of likely N-dealkylation sites (N-methyl/N-ethyl adjacent to an activating group) is 1. The molecule has 174 valence electrons. The molecule has 0 saturated carbocycles. The van der Waals surface area contributed by atoms with Crippen molar-refractivity contribution in [2.45, 2.75) is 45.1 Å². The normalized spacial score (nSPS) is 15.5. The van der Waals surface area contributed by atoms with Crippen molar-refractivity contribution in [1.82, 2.24) is 14.5 Å². The molecule has 0 aliphatic carbocycles. The van der Waals surface area contributed by atoms with Crippen LogP contribution in [0.1, 0.15) is 35.8 Å². The number of nitrogens with zero attached hydrogens (tertiary/aromatic N) is 2. The highest BCUT2D eigenvalue weighted by Crippen LogP contribution is 2.26. The van der Waals surface area contributed by atoms with E-state index < -0.39 is 10.0 Å². The lowest BCUT2D eigenvalue weighted by Gasteiger charge is -2.33. The molecule has 0 radical (unpaired) electrons. The van der Waals surface area contributed by atoms with Gasteiger partial charge in [0.05, 0.1) is 18.0 Å². The van der Waals surface area contributed by atoms with Crippen LogP contribution >= 0.6 is 11.3 Å².